The summed E-state index contributed by atoms with van der Waals surface area (Å²) in [6.07, 6.45) is 3.39. The normalized spacial score (nSPS) is 26.3. The average molecular weight is 651 g/mol. The zero-order chi connectivity index (χ0) is 33.7. The number of phenolic OH excluding ortho intramolecular Hbond substituents is 3. The maximum atomic E-state index is 14.2. The quantitative estimate of drug-likeness (QED) is 0.230. The molecule has 6 atom stereocenters. The summed E-state index contributed by atoms with van der Waals surface area (Å²) in [4.78, 5) is 58.8. The van der Waals surface area contributed by atoms with E-state index in [4.69, 9.17) is 4.74 Å². The lowest BCUT2D eigenvalue weighted by Gasteiger charge is -2.44. The van der Waals surface area contributed by atoms with Crippen molar-refractivity contribution >= 4 is 23.6 Å². The number of carbonyl (C=O) groups is 4. The molecule has 6 unspecified atom stereocenters. The first-order chi connectivity index (χ1) is 23.2. The van der Waals surface area contributed by atoms with Crippen LogP contribution in [0.15, 0.2) is 78.4 Å². The number of hydrogen-bond acceptors (Lipinski definition) is 8. The van der Waals surface area contributed by atoms with Crippen molar-refractivity contribution in [2.75, 3.05) is 19.7 Å². The molecule has 0 spiro atoms. The van der Waals surface area contributed by atoms with Gasteiger partial charge in [0.25, 0.3) is 0 Å². The smallest absolute Gasteiger partial charge is 0.234 e. The number of rotatable bonds is 9. The summed E-state index contributed by atoms with van der Waals surface area (Å²) in [5.41, 5.74) is 3.02. The number of benzene rings is 3. The van der Waals surface area contributed by atoms with Crippen molar-refractivity contribution in [1.29, 1.82) is 0 Å². The van der Waals surface area contributed by atoms with Gasteiger partial charge in [-0.1, -0.05) is 48.0 Å². The highest BCUT2D eigenvalue weighted by molar-refractivity contribution is 6.08. The number of amides is 4. The molecule has 10 nitrogen and oxygen atoms in total. The first-order valence-electron chi connectivity index (χ1n) is 16.6. The highest BCUT2D eigenvalue weighted by atomic mass is 16.5. The fraction of sp³-hybridized carbons (Fsp3) is 0.368. The Bertz CT molecular complexity index is 1800. The Morgan fingerprint density at radius 2 is 1.25 bits per heavy atom. The monoisotopic (exact) mass is 650 g/mol. The summed E-state index contributed by atoms with van der Waals surface area (Å²) in [6.45, 7) is 2.49. The molecule has 10 heteroatoms. The molecule has 4 amide bonds. The van der Waals surface area contributed by atoms with Crippen molar-refractivity contribution in [2.45, 2.75) is 38.5 Å². The molecule has 1 saturated carbocycles. The molecular weight excluding hydrogens is 612 g/mol. The molecule has 0 radical (unpaired) electrons. The summed E-state index contributed by atoms with van der Waals surface area (Å²) < 4.78 is 5.70. The lowest BCUT2D eigenvalue weighted by Crippen LogP contribution is -2.43. The van der Waals surface area contributed by atoms with Crippen LogP contribution in [-0.4, -0.2) is 68.4 Å². The number of ether oxygens (including phenoxy) is 1. The van der Waals surface area contributed by atoms with E-state index in [2.05, 4.69) is 0 Å². The summed E-state index contributed by atoms with van der Waals surface area (Å²) in [5.74, 6) is -4.59. The van der Waals surface area contributed by atoms with Crippen LogP contribution < -0.4 is 4.74 Å². The average Bonchev–Trinajstić information content (AvgIpc) is 3.47. The van der Waals surface area contributed by atoms with Gasteiger partial charge in [-0.15, -0.1) is 0 Å². The molecule has 4 aliphatic rings. The fourth-order valence-corrected chi connectivity index (χ4v) is 8.38. The molecule has 2 heterocycles. The van der Waals surface area contributed by atoms with E-state index >= 15 is 0 Å². The van der Waals surface area contributed by atoms with Gasteiger partial charge in [-0.05, 0) is 80.0 Å². The number of hydrogen-bond donors (Lipinski definition) is 3. The first kappa shape index (κ1) is 31.5. The van der Waals surface area contributed by atoms with E-state index in [1.807, 2.05) is 13.0 Å². The van der Waals surface area contributed by atoms with Crippen molar-refractivity contribution in [3.05, 3.63) is 95.1 Å². The van der Waals surface area contributed by atoms with Crippen molar-refractivity contribution in [2.24, 2.45) is 29.6 Å². The van der Waals surface area contributed by atoms with E-state index in [-0.39, 0.29) is 66.1 Å². The van der Waals surface area contributed by atoms with Gasteiger partial charge < -0.3 is 20.1 Å². The standard InChI is InChI=1S/C38H38N2O8/c1-2-48-30-5-3-4-26(34(30)43)31-25-14-15-27-32(37(46)39(35(27)44)18-16-21-6-10-23(41)11-7-21)28(25)20-29-33(31)38(47)40(36(29)45)19-17-22-8-12-24(42)13-9-22/h3-14,27-29,31-33,41-43H,2,15-20H2,1H3. The molecule has 2 saturated heterocycles. The minimum absolute atomic E-state index is 0.0982. The van der Waals surface area contributed by atoms with Crippen LogP contribution in [0.25, 0.3) is 0 Å². The van der Waals surface area contributed by atoms with E-state index in [1.165, 1.54) is 9.80 Å². The van der Waals surface area contributed by atoms with Gasteiger partial charge in [0.1, 0.15) is 11.5 Å². The van der Waals surface area contributed by atoms with Crippen molar-refractivity contribution in [1.82, 2.24) is 9.80 Å². The van der Waals surface area contributed by atoms with Crippen LogP contribution in [0.2, 0.25) is 0 Å². The number of nitrogens with zero attached hydrogens (tertiary/aromatic N) is 2. The zero-order valence-electron chi connectivity index (χ0n) is 26.6. The summed E-state index contributed by atoms with van der Waals surface area (Å²) >= 11 is 0. The molecule has 0 aromatic heterocycles. The third-order valence-electron chi connectivity index (χ3n) is 10.6. The second-order valence-electron chi connectivity index (χ2n) is 13.1. The number of carbonyl (C=O) groups excluding carboxylic acids is 4. The topological polar surface area (TPSA) is 145 Å². The van der Waals surface area contributed by atoms with E-state index in [0.717, 1.165) is 16.7 Å². The predicted octanol–water partition coefficient (Wildman–Crippen LogP) is 4.32. The fourth-order valence-electron chi connectivity index (χ4n) is 8.38. The third kappa shape index (κ3) is 5.29. The highest BCUT2D eigenvalue weighted by Gasteiger charge is 2.62. The van der Waals surface area contributed by atoms with Crippen molar-refractivity contribution in [3.8, 4) is 23.0 Å². The summed E-state index contributed by atoms with van der Waals surface area (Å²) in [5, 5.41) is 30.8. The zero-order valence-corrected chi connectivity index (χ0v) is 26.6. The van der Waals surface area contributed by atoms with E-state index in [1.54, 1.807) is 66.7 Å². The molecule has 2 aliphatic carbocycles. The summed E-state index contributed by atoms with van der Waals surface area (Å²) in [7, 11) is 0. The third-order valence-corrected chi connectivity index (χ3v) is 10.6. The molecular formula is C38H38N2O8. The van der Waals surface area contributed by atoms with Crippen LogP contribution in [0.1, 0.15) is 42.4 Å². The Hall–Kier alpha value is -5.12. The predicted molar refractivity (Wildman–Crippen MR) is 174 cm³/mol. The summed E-state index contributed by atoms with van der Waals surface area (Å²) in [6, 6.07) is 18.5. The van der Waals surface area contributed by atoms with Crippen molar-refractivity contribution in [3.63, 3.8) is 0 Å². The molecule has 3 N–H and O–H groups in total. The van der Waals surface area contributed by atoms with Crippen LogP contribution in [0, 0.1) is 29.6 Å². The minimum atomic E-state index is -0.781. The highest BCUT2D eigenvalue weighted by Crippen LogP contribution is 2.59. The van der Waals surface area contributed by atoms with Gasteiger partial charge in [-0.3, -0.25) is 29.0 Å². The maximum absolute atomic E-state index is 14.2. The lowest BCUT2D eigenvalue weighted by atomic mass is 9.57. The second-order valence-corrected chi connectivity index (χ2v) is 13.1. The molecule has 48 heavy (non-hydrogen) atoms. The Morgan fingerprint density at radius 3 is 1.83 bits per heavy atom. The molecule has 3 aromatic carbocycles. The Labute approximate surface area is 278 Å². The number of imide groups is 2. The van der Waals surface area contributed by atoms with E-state index in [9.17, 15) is 34.5 Å². The van der Waals surface area contributed by atoms with E-state index in [0.29, 0.717) is 31.4 Å². The van der Waals surface area contributed by atoms with Crippen LogP contribution in [0.4, 0.5) is 0 Å². The molecule has 3 aromatic rings. The molecule has 0 bridgehead atoms. The van der Waals surface area contributed by atoms with Gasteiger partial charge in [0.05, 0.1) is 30.3 Å². The minimum Gasteiger partial charge on any atom is -0.508 e. The largest absolute Gasteiger partial charge is 0.508 e. The van der Waals surface area contributed by atoms with E-state index < -0.39 is 35.5 Å². The van der Waals surface area contributed by atoms with Gasteiger partial charge in [-0.25, -0.2) is 0 Å². The van der Waals surface area contributed by atoms with Crippen LogP contribution in [-0.2, 0) is 32.0 Å². The molecule has 248 valence electrons. The number of phenols is 3. The van der Waals surface area contributed by atoms with Crippen LogP contribution in [0.3, 0.4) is 0 Å². The van der Waals surface area contributed by atoms with Crippen LogP contribution in [0.5, 0.6) is 23.0 Å². The Kier molecular flexibility index (Phi) is 8.19. The SMILES string of the molecule is CCOc1cccc(C2C3=CCC4C(=O)N(CCc5ccc(O)cc5)C(=O)C4C3CC3C(=O)N(CCc4ccc(O)cc4)C(=O)C32)c1O. The van der Waals surface area contributed by atoms with Gasteiger partial charge in [0, 0.05) is 24.6 Å². The van der Waals surface area contributed by atoms with Crippen LogP contribution >= 0.6 is 0 Å². The van der Waals surface area contributed by atoms with Gasteiger partial charge in [-0.2, -0.15) is 0 Å². The molecule has 7 rings (SSSR count). The van der Waals surface area contributed by atoms with Gasteiger partial charge in [0.15, 0.2) is 11.5 Å². The Balaban J connectivity index is 1.22. The first-order valence-corrected chi connectivity index (χ1v) is 16.6. The lowest BCUT2D eigenvalue weighted by molar-refractivity contribution is -0.142. The van der Waals surface area contributed by atoms with Gasteiger partial charge in [0.2, 0.25) is 23.6 Å². The number of allylic oxidation sites excluding steroid dienone is 2. The number of para-hydroxylation sites is 1. The number of fused-ring (bicyclic) bond motifs is 4. The second kappa shape index (κ2) is 12.5. The number of likely N-dealkylation sites (tertiary alicyclic amines) is 2. The van der Waals surface area contributed by atoms with Crippen molar-refractivity contribution < 1.29 is 39.2 Å². The number of aromatic hydroxyl groups is 3. The Morgan fingerprint density at radius 1 is 0.688 bits per heavy atom. The molecule has 2 aliphatic heterocycles. The van der Waals surface area contributed by atoms with Gasteiger partial charge >= 0.3 is 0 Å². The molecule has 3 fully saturated rings. The maximum Gasteiger partial charge on any atom is 0.234 e.